The lowest BCUT2D eigenvalue weighted by molar-refractivity contribution is 0.343. The third kappa shape index (κ3) is 4.52. The van der Waals surface area contributed by atoms with Gasteiger partial charge in [-0.05, 0) is 49.2 Å². The van der Waals surface area contributed by atoms with E-state index in [0.717, 1.165) is 37.8 Å². The molecule has 0 aliphatic carbocycles. The zero-order chi connectivity index (χ0) is 23.5. The number of hydrogen-bond acceptors (Lipinski definition) is 5. The van der Waals surface area contributed by atoms with Crippen LogP contribution >= 0.6 is 23.1 Å². The molecular weight excluding hydrogens is 460 g/mol. The van der Waals surface area contributed by atoms with E-state index in [0.29, 0.717) is 22.9 Å². The average molecular weight is 485 g/mol. The van der Waals surface area contributed by atoms with Crippen LogP contribution in [0.15, 0.2) is 94.9 Å². The highest BCUT2D eigenvalue weighted by Gasteiger charge is 2.20. The van der Waals surface area contributed by atoms with Crippen molar-refractivity contribution in [1.82, 2.24) is 9.55 Å². The van der Waals surface area contributed by atoms with E-state index >= 15 is 0 Å². The van der Waals surface area contributed by atoms with Crippen molar-refractivity contribution in [3.8, 4) is 22.6 Å². The highest BCUT2D eigenvalue weighted by atomic mass is 32.2. The van der Waals surface area contributed by atoms with E-state index in [1.54, 1.807) is 15.9 Å². The Morgan fingerprint density at radius 1 is 0.941 bits per heavy atom. The van der Waals surface area contributed by atoms with Crippen LogP contribution in [0.25, 0.3) is 27.0 Å². The molecule has 0 saturated heterocycles. The van der Waals surface area contributed by atoms with Gasteiger partial charge >= 0.3 is 0 Å². The van der Waals surface area contributed by atoms with E-state index in [4.69, 9.17) is 9.72 Å². The fourth-order valence-corrected chi connectivity index (χ4v) is 5.91. The predicted octanol–water partition coefficient (Wildman–Crippen LogP) is 6.90. The highest BCUT2D eigenvalue weighted by Crippen LogP contribution is 2.36. The van der Waals surface area contributed by atoms with Crippen LogP contribution in [0.5, 0.6) is 5.75 Å². The number of hydrogen-bond donors (Lipinski definition) is 0. The summed E-state index contributed by atoms with van der Waals surface area (Å²) in [5.41, 5.74) is 3.95. The van der Waals surface area contributed by atoms with Gasteiger partial charge < -0.3 is 4.74 Å². The van der Waals surface area contributed by atoms with Crippen molar-refractivity contribution in [2.75, 3.05) is 12.4 Å². The van der Waals surface area contributed by atoms with Gasteiger partial charge in [0.1, 0.15) is 10.6 Å². The van der Waals surface area contributed by atoms with E-state index in [2.05, 4.69) is 6.92 Å². The molecule has 0 fully saturated rings. The zero-order valence-corrected chi connectivity index (χ0v) is 20.7. The standard InChI is InChI=1S/C28H24N2O2S2/c1-19-10-9-15-23(18-19)32-16-17-33-28-29-26-25(27(31)30(28)22-13-7-4-8-14-22)24(20(2)34-26)21-11-5-3-6-12-21/h3-15,18H,16-17H2,1-2H3. The van der Waals surface area contributed by atoms with Crippen LogP contribution in [0.4, 0.5) is 0 Å². The van der Waals surface area contributed by atoms with Crippen LogP contribution in [0, 0.1) is 13.8 Å². The molecule has 2 aromatic heterocycles. The number of ether oxygens (including phenoxy) is 1. The van der Waals surface area contributed by atoms with Crippen LogP contribution in [-0.4, -0.2) is 21.9 Å². The van der Waals surface area contributed by atoms with Crippen molar-refractivity contribution >= 4 is 33.3 Å². The molecule has 2 heterocycles. The molecule has 0 aliphatic rings. The molecule has 34 heavy (non-hydrogen) atoms. The maximum atomic E-state index is 13.9. The number of thioether (sulfide) groups is 1. The lowest BCUT2D eigenvalue weighted by atomic mass is 10.0. The molecule has 3 aromatic carbocycles. The average Bonchev–Trinajstić information content (AvgIpc) is 3.19. The summed E-state index contributed by atoms with van der Waals surface area (Å²) in [5.74, 6) is 1.53. The molecule has 6 heteroatoms. The van der Waals surface area contributed by atoms with Crippen molar-refractivity contribution in [2.24, 2.45) is 0 Å². The second-order valence-corrected chi connectivity index (χ2v) is 10.2. The molecule has 0 amide bonds. The molecule has 0 radical (unpaired) electrons. The Labute approximate surface area is 206 Å². The Morgan fingerprint density at radius 3 is 2.41 bits per heavy atom. The topological polar surface area (TPSA) is 44.1 Å². The molecule has 0 N–H and O–H groups in total. The number of rotatable bonds is 7. The summed E-state index contributed by atoms with van der Waals surface area (Å²) < 4.78 is 7.65. The predicted molar refractivity (Wildman–Crippen MR) is 143 cm³/mol. The first-order valence-corrected chi connectivity index (χ1v) is 12.9. The number of aryl methyl sites for hydroxylation is 2. The maximum absolute atomic E-state index is 13.9. The third-order valence-electron chi connectivity index (χ3n) is 5.52. The fourth-order valence-electron chi connectivity index (χ4n) is 3.99. The van der Waals surface area contributed by atoms with Gasteiger partial charge in [0.05, 0.1) is 17.7 Å². The largest absolute Gasteiger partial charge is 0.493 e. The van der Waals surface area contributed by atoms with E-state index in [-0.39, 0.29) is 5.56 Å². The van der Waals surface area contributed by atoms with Crippen molar-refractivity contribution < 1.29 is 4.74 Å². The molecule has 0 unspecified atom stereocenters. The molecule has 0 saturated carbocycles. The number of thiophene rings is 1. The molecule has 0 atom stereocenters. The highest BCUT2D eigenvalue weighted by molar-refractivity contribution is 7.99. The minimum Gasteiger partial charge on any atom is -0.493 e. The van der Waals surface area contributed by atoms with Crippen LogP contribution < -0.4 is 10.3 Å². The minimum atomic E-state index is -0.0403. The maximum Gasteiger partial charge on any atom is 0.268 e. The van der Waals surface area contributed by atoms with Crippen molar-refractivity contribution in [1.29, 1.82) is 0 Å². The van der Waals surface area contributed by atoms with Crippen molar-refractivity contribution in [3.05, 3.63) is 106 Å². The van der Waals surface area contributed by atoms with Gasteiger partial charge in [-0.1, -0.05) is 72.4 Å². The first-order valence-electron chi connectivity index (χ1n) is 11.1. The summed E-state index contributed by atoms with van der Waals surface area (Å²) in [5, 5.41) is 1.36. The first kappa shape index (κ1) is 22.4. The Morgan fingerprint density at radius 2 is 1.68 bits per heavy atom. The Hall–Kier alpha value is -3.35. The monoisotopic (exact) mass is 484 g/mol. The molecule has 5 aromatic rings. The van der Waals surface area contributed by atoms with Gasteiger partial charge in [0, 0.05) is 16.2 Å². The van der Waals surface area contributed by atoms with Crippen LogP contribution in [-0.2, 0) is 0 Å². The quantitative estimate of drug-likeness (QED) is 0.143. The molecule has 170 valence electrons. The van der Waals surface area contributed by atoms with E-state index in [1.165, 1.54) is 11.8 Å². The van der Waals surface area contributed by atoms with E-state index < -0.39 is 0 Å². The Bertz CT molecular complexity index is 1490. The second-order valence-electron chi connectivity index (χ2n) is 7.96. The van der Waals surface area contributed by atoms with Gasteiger partial charge in [0.15, 0.2) is 5.16 Å². The molecule has 0 bridgehead atoms. The van der Waals surface area contributed by atoms with Gasteiger partial charge in [0.2, 0.25) is 0 Å². The second kappa shape index (κ2) is 9.87. The van der Waals surface area contributed by atoms with Crippen LogP contribution in [0.3, 0.4) is 0 Å². The Balaban J connectivity index is 1.54. The number of fused-ring (bicyclic) bond motifs is 1. The third-order valence-corrected chi connectivity index (χ3v) is 7.42. The number of nitrogens with zero attached hydrogens (tertiary/aromatic N) is 2. The molecule has 0 aliphatic heterocycles. The molecule has 4 nitrogen and oxygen atoms in total. The summed E-state index contributed by atoms with van der Waals surface area (Å²) in [6, 6.07) is 27.8. The van der Waals surface area contributed by atoms with Gasteiger partial charge in [-0.2, -0.15) is 0 Å². The van der Waals surface area contributed by atoms with Gasteiger partial charge in [-0.25, -0.2) is 4.98 Å². The molecule has 0 spiro atoms. The first-order chi connectivity index (χ1) is 16.6. The van der Waals surface area contributed by atoms with Crippen molar-refractivity contribution in [3.63, 3.8) is 0 Å². The minimum absolute atomic E-state index is 0.0403. The smallest absolute Gasteiger partial charge is 0.268 e. The SMILES string of the molecule is Cc1cccc(OCCSc2nc3sc(C)c(-c4ccccc4)c3c(=O)n2-c2ccccc2)c1. The summed E-state index contributed by atoms with van der Waals surface area (Å²) in [7, 11) is 0. The summed E-state index contributed by atoms with van der Waals surface area (Å²) in [4.78, 5) is 20.8. The lowest BCUT2D eigenvalue weighted by Crippen LogP contribution is -2.22. The van der Waals surface area contributed by atoms with Crippen LogP contribution in [0.2, 0.25) is 0 Å². The van der Waals surface area contributed by atoms with Crippen LogP contribution in [0.1, 0.15) is 10.4 Å². The Kier molecular flexibility index (Phi) is 6.52. The summed E-state index contributed by atoms with van der Waals surface area (Å²) in [6.45, 7) is 4.63. The van der Waals surface area contributed by atoms with E-state index in [9.17, 15) is 4.79 Å². The van der Waals surface area contributed by atoms with E-state index in [1.807, 2.05) is 91.9 Å². The fraction of sp³-hybridized carbons (Fsp3) is 0.143. The normalized spacial score (nSPS) is 11.1. The summed E-state index contributed by atoms with van der Waals surface area (Å²) >= 11 is 3.11. The number of para-hydroxylation sites is 1. The lowest BCUT2D eigenvalue weighted by Gasteiger charge is -2.13. The van der Waals surface area contributed by atoms with Gasteiger partial charge in [-0.15, -0.1) is 11.3 Å². The van der Waals surface area contributed by atoms with Gasteiger partial charge in [0.25, 0.3) is 5.56 Å². The number of aromatic nitrogens is 2. The van der Waals surface area contributed by atoms with Gasteiger partial charge in [-0.3, -0.25) is 9.36 Å². The zero-order valence-electron chi connectivity index (χ0n) is 19.0. The molecule has 5 rings (SSSR count). The number of benzene rings is 3. The molecular formula is C28H24N2O2S2. The van der Waals surface area contributed by atoms with Crippen molar-refractivity contribution in [2.45, 2.75) is 19.0 Å². The summed E-state index contributed by atoms with van der Waals surface area (Å²) in [6.07, 6.45) is 0.